The van der Waals surface area contributed by atoms with E-state index in [0.29, 0.717) is 22.7 Å². The molecule has 0 amide bonds. The van der Waals surface area contributed by atoms with Gasteiger partial charge in [-0.1, -0.05) is 23.2 Å². The van der Waals surface area contributed by atoms with Gasteiger partial charge in [0.05, 0.1) is 30.3 Å². The van der Waals surface area contributed by atoms with Crippen LogP contribution in [0.15, 0.2) is 41.9 Å². The summed E-state index contributed by atoms with van der Waals surface area (Å²) in [6.45, 7) is 0. The Labute approximate surface area is 154 Å². The molecule has 0 aliphatic carbocycles. The van der Waals surface area contributed by atoms with Crippen LogP contribution in [0.2, 0.25) is 10.3 Å². The zero-order valence-electron chi connectivity index (χ0n) is 13.1. The highest BCUT2D eigenvalue weighted by Gasteiger charge is 2.21. The Balaban J connectivity index is 2.19. The molecule has 0 unspecified atom stereocenters. The maximum Gasteiger partial charge on any atom is 0.192 e. The number of halogens is 2. The molecule has 130 valence electrons. The van der Waals surface area contributed by atoms with E-state index in [1.807, 2.05) is 0 Å². The molecule has 3 rings (SSSR count). The maximum atomic E-state index is 11.6. The molecule has 0 saturated carbocycles. The van der Waals surface area contributed by atoms with Crippen molar-refractivity contribution in [2.24, 2.45) is 0 Å². The number of ether oxygens (including phenoxy) is 1. The average molecular weight is 399 g/mol. The topological polar surface area (TPSA) is 87.0 Å². The second-order valence-electron chi connectivity index (χ2n) is 5.06. The second-order valence-corrected chi connectivity index (χ2v) is 7.74. The van der Waals surface area contributed by atoms with Crippen molar-refractivity contribution in [3.05, 3.63) is 47.2 Å². The summed E-state index contributed by atoms with van der Waals surface area (Å²) in [5, 5.41) is 0.366. The molecule has 0 aliphatic heterocycles. The number of rotatable bonds is 4. The minimum absolute atomic E-state index is 0.0268. The smallest absolute Gasteiger partial charge is 0.192 e. The molecule has 3 aromatic heterocycles. The van der Waals surface area contributed by atoms with Gasteiger partial charge in [-0.25, -0.2) is 23.4 Å². The van der Waals surface area contributed by atoms with Crippen LogP contribution >= 0.6 is 23.2 Å². The van der Waals surface area contributed by atoms with Crippen molar-refractivity contribution in [3.63, 3.8) is 0 Å². The van der Waals surface area contributed by atoms with Crippen LogP contribution in [0.4, 0.5) is 0 Å². The molecule has 0 fully saturated rings. The van der Waals surface area contributed by atoms with Crippen LogP contribution in [-0.4, -0.2) is 41.3 Å². The first-order valence-corrected chi connectivity index (χ1v) is 9.56. The number of sulfone groups is 1. The highest BCUT2D eigenvalue weighted by molar-refractivity contribution is 7.90. The van der Waals surface area contributed by atoms with Gasteiger partial charge in [-0.2, -0.15) is 0 Å². The fourth-order valence-electron chi connectivity index (χ4n) is 2.28. The van der Waals surface area contributed by atoms with Gasteiger partial charge in [0.2, 0.25) is 0 Å². The minimum atomic E-state index is -3.39. The summed E-state index contributed by atoms with van der Waals surface area (Å²) >= 11 is 12.5. The molecular weight excluding hydrogens is 387 g/mol. The molecule has 10 heteroatoms. The predicted octanol–water partition coefficient (Wildman–Crippen LogP) is 3.05. The summed E-state index contributed by atoms with van der Waals surface area (Å²) in [5.74, 6) is 0.476. The lowest BCUT2D eigenvalue weighted by atomic mass is 10.2. The van der Waals surface area contributed by atoms with Gasteiger partial charge in [-0.05, 0) is 18.2 Å². The third kappa shape index (κ3) is 3.33. The maximum absolute atomic E-state index is 11.6. The SMILES string of the molecule is COc1ccnc(Cl)c1-c1c(Cl)ncn1-c1ccc(S(C)(=O)=O)nc1. The highest BCUT2D eigenvalue weighted by atomic mass is 35.5. The molecule has 0 aliphatic rings. The quantitative estimate of drug-likeness (QED) is 0.627. The van der Waals surface area contributed by atoms with Crippen molar-refractivity contribution in [2.75, 3.05) is 13.4 Å². The van der Waals surface area contributed by atoms with Crippen LogP contribution in [-0.2, 0) is 9.84 Å². The third-order valence-electron chi connectivity index (χ3n) is 3.42. The van der Waals surface area contributed by atoms with Crippen LogP contribution in [0.3, 0.4) is 0 Å². The van der Waals surface area contributed by atoms with Crippen molar-refractivity contribution in [3.8, 4) is 22.7 Å². The van der Waals surface area contributed by atoms with Crippen molar-refractivity contribution < 1.29 is 13.2 Å². The molecule has 7 nitrogen and oxygen atoms in total. The van der Waals surface area contributed by atoms with E-state index in [-0.39, 0.29) is 15.3 Å². The summed E-state index contributed by atoms with van der Waals surface area (Å²) in [6, 6.07) is 4.66. The fraction of sp³-hybridized carbons (Fsp3) is 0.133. The van der Waals surface area contributed by atoms with Gasteiger partial charge >= 0.3 is 0 Å². The van der Waals surface area contributed by atoms with Crippen LogP contribution in [0, 0.1) is 0 Å². The molecule has 0 spiro atoms. The normalized spacial score (nSPS) is 11.5. The van der Waals surface area contributed by atoms with Gasteiger partial charge in [0, 0.05) is 12.5 Å². The number of pyridine rings is 2. The zero-order chi connectivity index (χ0) is 18.2. The number of nitrogens with zero attached hydrogens (tertiary/aromatic N) is 4. The van der Waals surface area contributed by atoms with Crippen molar-refractivity contribution in [1.82, 2.24) is 19.5 Å². The molecule has 25 heavy (non-hydrogen) atoms. The predicted molar refractivity (Wildman–Crippen MR) is 94.3 cm³/mol. The Morgan fingerprint density at radius 1 is 1.08 bits per heavy atom. The van der Waals surface area contributed by atoms with Crippen LogP contribution in [0.1, 0.15) is 0 Å². The van der Waals surface area contributed by atoms with Crippen LogP contribution in [0.5, 0.6) is 5.75 Å². The minimum Gasteiger partial charge on any atom is -0.496 e. The van der Waals surface area contributed by atoms with E-state index in [9.17, 15) is 8.42 Å². The molecule has 0 radical (unpaired) electrons. The molecule has 3 aromatic rings. The molecular formula is C15H12Cl2N4O3S. The van der Waals surface area contributed by atoms with Gasteiger partial charge in [-0.3, -0.25) is 4.57 Å². The number of imidazole rings is 1. The van der Waals surface area contributed by atoms with Gasteiger partial charge < -0.3 is 4.74 Å². The van der Waals surface area contributed by atoms with E-state index >= 15 is 0 Å². The summed E-state index contributed by atoms with van der Waals surface area (Å²) in [5.41, 5.74) is 1.50. The Morgan fingerprint density at radius 2 is 1.84 bits per heavy atom. The van der Waals surface area contributed by atoms with Gasteiger partial charge in [0.15, 0.2) is 20.0 Å². The first kappa shape index (κ1) is 17.7. The lowest BCUT2D eigenvalue weighted by Crippen LogP contribution is -2.03. The lowest BCUT2D eigenvalue weighted by molar-refractivity contribution is 0.415. The number of methoxy groups -OCH3 is 1. The van der Waals surface area contributed by atoms with E-state index in [4.69, 9.17) is 27.9 Å². The molecule has 3 heterocycles. The molecule has 0 saturated heterocycles. The zero-order valence-corrected chi connectivity index (χ0v) is 15.5. The molecule has 0 atom stereocenters. The van der Waals surface area contributed by atoms with Crippen molar-refractivity contribution in [2.45, 2.75) is 5.03 Å². The van der Waals surface area contributed by atoms with Gasteiger partial charge in [-0.15, -0.1) is 0 Å². The Hall–Kier alpha value is -2.16. The summed E-state index contributed by atoms with van der Waals surface area (Å²) in [4.78, 5) is 12.1. The first-order chi connectivity index (χ1) is 11.8. The van der Waals surface area contributed by atoms with E-state index in [0.717, 1.165) is 6.26 Å². The Morgan fingerprint density at radius 3 is 2.44 bits per heavy atom. The Kier molecular flexibility index (Phi) is 4.68. The second kappa shape index (κ2) is 6.62. The molecule has 0 N–H and O–H groups in total. The van der Waals surface area contributed by atoms with E-state index in [1.54, 1.807) is 16.7 Å². The Bertz CT molecular complexity index is 1030. The highest BCUT2D eigenvalue weighted by Crippen LogP contribution is 2.39. The van der Waals surface area contributed by atoms with E-state index in [1.165, 1.54) is 31.9 Å². The molecule has 0 bridgehead atoms. The van der Waals surface area contributed by atoms with Gasteiger partial charge in [0.1, 0.15) is 17.2 Å². The van der Waals surface area contributed by atoms with Crippen LogP contribution in [0.25, 0.3) is 16.9 Å². The largest absolute Gasteiger partial charge is 0.496 e. The summed E-state index contributed by atoms with van der Waals surface area (Å²) < 4.78 is 30.1. The van der Waals surface area contributed by atoms with E-state index < -0.39 is 9.84 Å². The van der Waals surface area contributed by atoms with Crippen LogP contribution < -0.4 is 4.74 Å². The first-order valence-electron chi connectivity index (χ1n) is 6.91. The lowest BCUT2D eigenvalue weighted by Gasteiger charge is -2.13. The number of hydrogen-bond acceptors (Lipinski definition) is 6. The third-order valence-corrected chi connectivity index (χ3v) is 4.99. The number of hydrogen-bond donors (Lipinski definition) is 0. The standard InChI is InChI=1S/C15H12Cl2N4O3S/c1-24-10-5-6-18-14(16)12(10)13-15(17)20-8-21(13)9-3-4-11(19-7-9)25(2,22)23/h3-8H,1-2H3. The number of aromatic nitrogens is 4. The fourth-order valence-corrected chi connectivity index (χ4v) is 3.31. The van der Waals surface area contributed by atoms with E-state index in [2.05, 4.69) is 15.0 Å². The summed E-state index contributed by atoms with van der Waals surface area (Å²) in [6.07, 6.45) is 5.50. The molecule has 0 aromatic carbocycles. The van der Waals surface area contributed by atoms with Crippen molar-refractivity contribution in [1.29, 1.82) is 0 Å². The summed E-state index contributed by atoms with van der Waals surface area (Å²) in [7, 11) is -1.88. The van der Waals surface area contributed by atoms with Gasteiger partial charge in [0.25, 0.3) is 0 Å². The average Bonchev–Trinajstić information content (AvgIpc) is 2.95. The van der Waals surface area contributed by atoms with Crippen molar-refractivity contribution >= 4 is 33.0 Å². The monoisotopic (exact) mass is 398 g/mol.